The molecule has 0 spiro atoms. The summed E-state index contributed by atoms with van der Waals surface area (Å²) < 4.78 is 29.7. The van der Waals surface area contributed by atoms with Gasteiger partial charge in [-0.25, -0.2) is 12.7 Å². The number of thiophene rings is 1. The van der Waals surface area contributed by atoms with Crippen molar-refractivity contribution < 1.29 is 8.42 Å². The van der Waals surface area contributed by atoms with E-state index in [0.29, 0.717) is 11.5 Å². The van der Waals surface area contributed by atoms with Crippen molar-refractivity contribution in [3.05, 3.63) is 21.4 Å². The number of nitrogen functional groups attached to an aromatic ring is 1. The minimum Gasteiger partial charge on any atom is -0.382 e. The third-order valence-corrected chi connectivity index (χ3v) is 7.04. The quantitative estimate of drug-likeness (QED) is 0.867. The highest BCUT2D eigenvalue weighted by molar-refractivity contribution is 7.89. The maximum atomic E-state index is 12.3. The fraction of sp³-hybridized carbons (Fsp3) is 0.417. The van der Waals surface area contributed by atoms with Crippen LogP contribution in [0.5, 0.6) is 0 Å². The molecule has 0 bridgehead atoms. The molecule has 0 fully saturated rings. The summed E-state index contributed by atoms with van der Waals surface area (Å²) >= 11 is 2.75. The smallest absolute Gasteiger partial charge is 0.249 e. The first-order valence-corrected chi connectivity index (χ1v) is 9.24. The molecular weight excluding hydrogens is 328 g/mol. The Balaban J connectivity index is 2.26. The van der Waals surface area contributed by atoms with E-state index in [1.165, 1.54) is 24.5 Å². The second-order valence-electron chi connectivity index (χ2n) is 4.82. The summed E-state index contributed by atoms with van der Waals surface area (Å²) in [5.74, 6) is 0.0368. The molecule has 21 heavy (non-hydrogen) atoms. The Labute approximate surface area is 132 Å². The predicted molar refractivity (Wildman–Crippen MR) is 88.5 cm³/mol. The van der Waals surface area contributed by atoms with Gasteiger partial charge in [0.1, 0.15) is 5.00 Å². The van der Waals surface area contributed by atoms with Gasteiger partial charge in [0.25, 0.3) is 0 Å². The van der Waals surface area contributed by atoms with Crippen molar-refractivity contribution in [3.8, 4) is 0 Å². The maximum Gasteiger partial charge on any atom is 0.249 e. The monoisotopic (exact) mass is 346 g/mol. The molecule has 9 heteroatoms. The number of rotatable bonds is 5. The molecule has 0 aliphatic heterocycles. The van der Waals surface area contributed by atoms with Crippen molar-refractivity contribution in [1.82, 2.24) is 8.68 Å². The molecule has 0 aliphatic rings. The van der Waals surface area contributed by atoms with Crippen LogP contribution in [0.25, 0.3) is 0 Å². The van der Waals surface area contributed by atoms with Crippen LogP contribution in [0.4, 0.5) is 10.8 Å². The van der Waals surface area contributed by atoms with Crippen LogP contribution >= 0.6 is 22.9 Å². The van der Waals surface area contributed by atoms with E-state index in [2.05, 4.69) is 29.6 Å². The van der Waals surface area contributed by atoms with Gasteiger partial charge >= 0.3 is 0 Å². The molecule has 116 valence electrons. The second-order valence-corrected chi connectivity index (χ2v) is 9.02. The zero-order chi connectivity index (χ0) is 15.8. The largest absolute Gasteiger partial charge is 0.382 e. The average molecular weight is 347 g/mol. The van der Waals surface area contributed by atoms with Crippen LogP contribution in [-0.2, 0) is 16.6 Å². The van der Waals surface area contributed by atoms with Gasteiger partial charge in [-0.1, -0.05) is 0 Å². The zero-order valence-electron chi connectivity index (χ0n) is 12.3. The number of sulfonamides is 1. The van der Waals surface area contributed by atoms with Crippen LogP contribution in [-0.4, -0.2) is 31.2 Å². The highest BCUT2D eigenvalue weighted by Gasteiger charge is 2.27. The highest BCUT2D eigenvalue weighted by Crippen LogP contribution is 2.33. The SMILES string of the molecule is Cc1cc(CNc2snc(N)c2S(=O)(=O)N(C)C)sc1C. The molecule has 2 rings (SSSR count). The number of anilines is 2. The number of aromatic nitrogens is 1. The van der Waals surface area contributed by atoms with Gasteiger partial charge in [0, 0.05) is 23.8 Å². The lowest BCUT2D eigenvalue weighted by Crippen LogP contribution is -2.23. The summed E-state index contributed by atoms with van der Waals surface area (Å²) in [6.07, 6.45) is 0. The second kappa shape index (κ2) is 5.91. The Morgan fingerprint density at radius 3 is 2.57 bits per heavy atom. The van der Waals surface area contributed by atoms with E-state index < -0.39 is 10.0 Å². The van der Waals surface area contributed by atoms with Crippen molar-refractivity contribution in [2.24, 2.45) is 0 Å². The van der Waals surface area contributed by atoms with Gasteiger partial charge in [0.15, 0.2) is 10.7 Å². The Bertz CT molecular complexity index is 727. The normalized spacial score (nSPS) is 12.0. The summed E-state index contributed by atoms with van der Waals surface area (Å²) in [6.45, 7) is 4.68. The molecule has 0 unspecified atom stereocenters. The van der Waals surface area contributed by atoms with Crippen molar-refractivity contribution in [2.75, 3.05) is 25.1 Å². The first-order chi connectivity index (χ1) is 9.73. The van der Waals surface area contributed by atoms with Gasteiger partial charge in [-0.3, -0.25) is 0 Å². The molecule has 6 nitrogen and oxygen atoms in total. The molecule has 2 aromatic heterocycles. The van der Waals surface area contributed by atoms with Crippen molar-refractivity contribution in [3.63, 3.8) is 0 Å². The van der Waals surface area contributed by atoms with E-state index >= 15 is 0 Å². The fourth-order valence-electron chi connectivity index (χ4n) is 1.74. The fourth-order valence-corrected chi connectivity index (χ4v) is 4.81. The van der Waals surface area contributed by atoms with Gasteiger partial charge in [-0.15, -0.1) is 11.3 Å². The first-order valence-electron chi connectivity index (χ1n) is 6.21. The maximum absolute atomic E-state index is 12.3. The summed E-state index contributed by atoms with van der Waals surface area (Å²) in [4.78, 5) is 2.46. The number of nitrogens with one attached hydrogen (secondary N) is 1. The van der Waals surface area contributed by atoms with Gasteiger partial charge in [-0.05, 0) is 37.0 Å². The molecule has 0 saturated carbocycles. The van der Waals surface area contributed by atoms with E-state index in [1.807, 2.05) is 0 Å². The number of hydrogen-bond donors (Lipinski definition) is 2. The highest BCUT2D eigenvalue weighted by atomic mass is 32.2. The molecule has 0 aliphatic carbocycles. The predicted octanol–water partition coefficient (Wildman–Crippen LogP) is 2.27. The lowest BCUT2D eigenvalue weighted by molar-refractivity contribution is 0.521. The molecule has 2 heterocycles. The summed E-state index contributed by atoms with van der Waals surface area (Å²) in [5.41, 5.74) is 6.96. The lowest BCUT2D eigenvalue weighted by atomic mass is 10.3. The van der Waals surface area contributed by atoms with Crippen LogP contribution in [0.1, 0.15) is 15.3 Å². The number of hydrogen-bond acceptors (Lipinski definition) is 7. The molecule has 0 radical (unpaired) electrons. The van der Waals surface area contributed by atoms with Gasteiger partial charge in [0.05, 0.1) is 6.54 Å². The van der Waals surface area contributed by atoms with Crippen molar-refractivity contribution >= 4 is 43.7 Å². The summed E-state index contributed by atoms with van der Waals surface area (Å²) in [7, 11) is -0.656. The minimum absolute atomic E-state index is 0.0368. The molecule has 0 atom stereocenters. The van der Waals surface area contributed by atoms with Gasteiger partial charge < -0.3 is 11.1 Å². The Morgan fingerprint density at radius 2 is 2.05 bits per heavy atom. The molecular formula is C12H18N4O2S3. The number of nitrogens with zero attached hydrogens (tertiary/aromatic N) is 2. The lowest BCUT2D eigenvalue weighted by Gasteiger charge is -2.12. The zero-order valence-corrected chi connectivity index (χ0v) is 14.7. The average Bonchev–Trinajstić information content (AvgIpc) is 2.91. The van der Waals surface area contributed by atoms with Crippen LogP contribution in [0, 0.1) is 13.8 Å². The topological polar surface area (TPSA) is 88.3 Å². The standard InChI is InChI=1S/C12H18N4O2S3/c1-7-5-9(19-8(7)2)6-14-12-10(11(13)15-20-12)21(17,18)16(3)4/h5,14H,6H2,1-4H3,(H2,13,15). The van der Waals surface area contributed by atoms with Crippen LogP contribution in [0.15, 0.2) is 11.0 Å². The Kier molecular flexibility index (Phi) is 4.57. The van der Waals surface area contributed by atoms with E-state index in [9.17, 15) is 8.42 Å². The molecule has 0 saturated heterocycles. The van der Waals surface area contributed by atoms with Crippen molar-refractivity contribution in [2.45, 2.75) is 25.3 Å². The summed E-state index contributed by atoms with van der Waals surface area (Å²) in [5, 5.41) is 3.61. The molecule has 2 aromatic rings. The summed E-state index contributed by atoms with van der Waals surface area (Å²) in [6, 6.07) is 2.09. The first kappa shape index (κ1) is 16.2. The van der Waals surface area contributed by atoms with Crippen LogP contribution in [0.2, 0.25) is 0 Å². The van der Waals surface area contributed by atoms with Crippen LogP contribution in [0.3, 0.4) is 0 Å². The molecule has 0 amide bonds. The van der Waals surface area contributed by atoms with Gasteiger partial charge in [-0.2, -0.15) is 4.37 Å². The third kappa shape index (κ3) is 3.20. The van der Waals surface area contributed by atoms with Gasteiger partial charge in [0.2, 0.25) is 10.0 Å². The van der Waals surface area contributed by atoms with Crippen molar-refractivity contribution in [1.29, 1.82) is 0 Å². The number of nitrogens with two attached hydrogens (primary N) is 1. The van der Waals surface area contributed by atoms with Crippen LogP contribution < -0.4 is 11.1 Å². The molecule has 0 aromatic carbocycles. The van der Waals surface area contributed by atoms with E-state index in [0.717, 1.165) is 20.7 Å². The Hall–Kier alpha value is -1.16. The molecule has 3 N–H and O–H groups in total. The minimum atomic E-state index is -3.61. The van der Waals surface area contributed by atoms with E-state index in [4.69, 9.17) is 5.73 Å². The number of aryl methyl sites for hydroxylation is 2. The van der Waals surface area contributed by atoms with E-state index in [-0.39, 0.29) is 10.7 Å². The van der Waals surface area contributed by atoms with E-state index in [1.54, 1.807) is 11.3 Å². The third-order valence-electron chi connectivity index (χ3n) is 3.05. The Morgan fingerprint density at radius 1 is 1.38 bits per heavy atom.